The van der Waals surface area contributed by atoms with E-state index in [1.807, 2.05) is 25.1 Å². The van der Waals surface area contributed by atoms with Gasteiger partial charge >= 0.3 is 0 Å². The Morgan fingerprint density at radius 2 is 1.88 bits per heavy atom. The molecule has 2 rings (SSSR count). The fraction of sp³-hybridized carbons (Fsp3) is 0.316. The summed E-state index contributed by atoms with van der Waals surface area (Å²) in [5.74, 6) is 2.40. The molecule has 0 aliphatic rings. The Kier molecular flexibility index (Phi) is 7.99. The molecule has 0 heterocycles. The zero-order chi connectivity index (χ0) is 17.2. The van der Waals surface area contributed by atoms with Gasteiger partial charge in [0.05, 0.1) is 0 Å². The predicted molar refractivity (Wildman–Crippen MR) is 102 cm³/mol. The average Bonchev–Trinajstić information content (AvgIpc) is 2.61. The maximum absolute atomic E-state index is 12.2. The fourth-order valence-corrected chi connectivity index (χ4v) is 3.07. The second-order valence-electron chi connectivity index (χ2n) is 5.30. The Morgan fingerprint density at radius 1 is 1.17 bits per heavy atom. The van der Waals surface area contributed by atoms with Crippen molar-refractivity contribution < 1.29 is 9.53 Å². The number of halogens is 1. The number of carbonyl (C=O) groups excluding carboxylic acids is 1. The second-order valence-corrected chi connectivity index (χ2v) is 6.84. The topological polar surface area (TPSA) is 38.3 Å². The third-order valence-corrected chi connectivity index (χ3v) is 4.69. The summed E-state index contributed by atoms with van der Waals surface area (Å²) in [6.07, 6.45) is 0.135. The highest BCUT2D eigenvalue weighted by Crippen LogP contribution is 2.17. The molecular weight excluding hydrogens is 342 g/mol. The van der Waals surface area contributed by atoms with Gasteiger partial charge in [0, 0.05) is 23.1 Å². The van der Waals surface area contributed by atoms with E-state index in [0.717, 1.165) is 11.5 Å². The van der Waals surface area contributed by atoms with E-state index in [9.17, 15) is 4.79 Å². The molecule has 0 aromatic heterocycles. The van der Waals surface area contributed by atoms with Gasteiger partial charge in [0.1, 0.15) is 5.75 Å². The summed E-state index contributed by atoms with van der Waals surface area (Å²) in [6, 6.07) is 17.4. The number of rotatable bonds is 9. The molecular formula is C19H22ClNO2S. The lowest BCUT2D eigenvalue weighted by molar-refractivity contribution is -0.127. The number of carbonyl (C=O) groups is 1. The highest BCUT2D eigenvalue weighted by molar-refractivity contribution is 7.98. The van der Waals surface area contributed by atoms with Crippen molar-refractivity contribution in [1.29, 1.82) is 0 Å². The lowest BCUT2D eigenvalue weighted by Gasteiger charge is -2.17. The van der Waals surface area contributed by atoms with Gasteiger partial charge in [0.15, 0.2) is 6.10 Å². The predicted octanol–water partition coefficient (Wildman–Crippen LogP) is 4.55. The third kappa shape index (κ3) is 6.46. The molecule has 128 valence electrons. The first-order chi connectivity index (χ1) is 11.7. The van der Waals surface area contributed by atoms with E-state index in [2.05, 4.69) is 17.4 Å². The molecule has 2 aromatic carbocycles. The van der Waals surface area contributed by atoms with E-state index in [-0.39, 0.29) is 5.91 Å². The van der Waals surface area contributed by atoms with Gasteiger partial charge < -0.3 is 10.1 Å². The van der Waals surface area contributed by atoms with Crippen molar-refractivity contribution in [3.05, 3.63) is 65.2 Å². The standard InChI is InChI=1S/C19H22ClNO2S/c1-2-18(23-17-10-8-16(20)9-11-17)19(22)21-12-13-24-14-15-6-4-3-5-7-15/h3-11,18H,2,12-14H2,1H3,(H,21,22)/t18-/m1/s1. The van der Waals surface area contributed by atoms with Crippen molar-refractivity contribution in [2.24, 2.45) is 0 Å². The number of hydrogen-bond donors (Lipinski definition) is 1. The average molecular weight is 364 g/mol. The molecule has 1 atom stereocenters. The minimum absolute atomic E-state index is 0.0761. The minimum atomic E-state index is -0.481. The number of nitrogens with one attached hydrogen (secondary N) is 1. The largest absolute Gasteiger partial charge is 0.481 e. The number of hydrogen-bond acceptors (Lipinski definition) is 3. The van der Waals surface area contributed by atoms with Gasteiger partial charge in [-0.1, -0.05) is 48.9 Å². The Bertz CT molecular complexity index is 619. The minimum Gasteiger partial charge on any atom is -0.481 e. The van der Waals surface area contributed by atoms with E-state index >= 15 is 0 Å². The van der Waals surface area contributed by atoms with Crippen LogP contribution in [0.2, 0.25) is 5.02 Å². The highest BCUT2D eigenvalue weighted by atomic mass is 35.5. The maximum Gasteiger partial charge on any atom is 0.261 e. The first-order valence-electron chi connectivity index (χ1n) is 8.00. The zero-order valence-corrected chi connectivity index (χ0v) is 15.3. The fourth-order valence-electron chi connectivity index (χ4n) is 2.12. The van der Waals surface area contributed by atoms with Gasteiger partial charge in [0.2, 0.25) is 0 Å². The van der Waals surface area contributed by atoms with Crippen molar-refractivity contribution >= 4 is 29.3 Å². The molecule has 0 spiro atoms. The Labute approximate surface area is 152 Å². The number of thioether (sulfide) groups is 1. The number of benzene rings is 2. The summed E-state index contributed by atoms with van der Waals surface area (Å²) in [6.45, 7) is 2.57. The van der Waals surface area contributed by atoms with E-state index in [1.165, 1.54) is 5.56 Å². The van der Waals surface area contributed by atoms with Crippen LogP contribution in [-0.4, -0.2) is 24.3 Å². The van der Waals surface area contributed by atoms with Crippen molar-refractivity contribution in [2.75, 3.05) is 12.3 Å². The van der Waals surface area contributed by atoms with Gasteiger partial charge in [0.25, 0.3) is 5.91 Å². The van der Waals surface area contributed by atoms with Crippen LogP contribution >= 0.6 is 23.4 Å². The molecule has 5 heteroatoms. The second kappa shape index (κ2) is 10.3. The summed E-state index contributed by atoms with van der Waals surface area (Å²) >= 11 is 7.65. The van der Waals surface area contributed by atoms with Gasteiger partial charge in [-0.15, -0.1) is 0 Å². The normalized spacial score (nSPS) is 11.8. The summed E-state index contributed by atoms with van der Waals surface area (Å²) in [5, 5.41) is 3.59. The Hall–Kier alpha value is -1.65. The Balaban J connectivity index is 1.68. The quantitative estimate of drug-likeness (QED) is 0.664. The van der Waals surface area contributed by atoms with E-state index < -0.39 is 6.10 Å². The SMILES string of the molecule is CC[C@@H](Oc1ccc(Cl)cc1)C(=O)NCCSCc1ccccc1. The van der Waals surface area contributed by atoms with Crippen LogP contribution in [0.25, 0.3) is 0 Å². The van der Waals surface area contributed by atoms with Crippen LogP contribution in [-0.2, 0) is 10.5 Å². The molecule has 0 radical (unpaired) electrons. The van der Waals surface area contributed by atoms with Gasteiger partial charge in [-0.25, -0.2) is 0 Å². The third-order valence-electron chi connectivity index (χ3n) is 3.41. The van der Waals surface area contributed by atoms with Crippen molar-refractivity contribution in [3.63, 3.8) is 0 Å². The molecule has 2 aromatic rings. The summed E-state index contributed by atoms with van der Waals surface area (Å²) in [5.41, 5.74) is 1.30. The number of ether oxygens (including phenoxy) is 1. The zero-order valence-electron chi connectivity index (χ0n) is 13.7. The van der Waals surface area contributed by atoms with Crippen molar-refractivity contribution in [3.8, 4) is 5.75 Å². The maximum atomic E-state index is 12.2. The Morgan fingerprint density at radius 3 is 2.54 bits per heavy atom. The molecule has 0 aliphatic carbocycles. The first-order valence-corrected chi connectivity index (χ1v) is 9.54. The molecule has 0 saturated carbocycles. The molecule has 0 saturated heterocycles. The highest BCUT2D eigenvalue weighted by Gasteiger charge is 2.17. The van der Waals surface area contributed by atoms with Gasteiger partial charge in [-0.05, 0) is 36.2 Å². The summed E-state index contributed by atoms with van der Waals surface area (Å²) < 4.78 is 5.73. The van der Waals surface area contributed by atoms with Crippen LogP contribution in [0.4, 0.5) is 0 Å². The van der Waals surface area contributed by atoms with Crippen molar-refractivity contribution in [2.45, 2.75) is 25.2 Å². The van der Waals surface area contributed by atoms with Crippen molar-refractivity contribution in [1.82, 2.24) is 5.32 Å². The van der Waals surface area contributed by atoms with Crippen LogP contribution in [0, 0.1) is 0 Å². The van der Waals surface area contributed by atoms with Gasteiger partial charge in [-0.3, -0.25) is 4.79 Å². The first kappa shape index (κ1) is 18.7. The lowest BCUT2D eigenvalue weighted by atomic mass is 10.2. The van der Waals surface area contributed by atoms with E-state index in [0.29, 0.717) is 23.7 Å². The molecule has 1 amide bonds. The van der Waals surface area contributed by atoms with Crippen LogP contribution in [0.3, 0.4) is 0 Å². The molecule has 0 aliphatic heterocycles. The molecule has 24 heavy (non-hydrogen) atoms. The summed E-state index contributed by atoms with van der Waals surface area (Å²) in [4.78, 5) is 12.2. The van der Waals surface area contributed by atoms with Crippen LogP contribution in [0.1, 0.15) is 18.9 Å². The molecule has 1 N–H and O–H groups in total. The molecule has 0 bridgehead atoms. The molecule has 0 fully saturated rings. The van der Waals surface area contributed by atoms with Crippen LogP contribution in [0.15, 0.2) is 54.6 Å². The van der Waals surface area contributed by atoms with E-state index in [1.54, 1.807) is 36.0 Å². The molecule has 3 nitrogen and oxygen atoms in total. The van der Waals surface area contributed by atoms with E-state index in [4.69, 9.17) is 16.3 Å². The smallest absolute Gasteiger partial charge is 0.261 e. The molecule has 0 unspecified atom stereocenters. The summed E-state index contributed by atoms with van der Waals surface area (Å²) in [7, 11) is 0. The van der Waals surface area contributed by atoms with Crippen LogP contribution in [0.5, 0.6) is 5.75 Å². The van der Waals surface area contributed by atoms with Gasteiger partial charge in [-0.2, -0.15) is 11.8 Å². The van der Waals surface area contributed by atoms with Crippen LogP contribution < -0.4 is 10.1 Å². The number of amides is 1. The monoisotopic (exact) mass is 363 g/mol. The lowest BCUT2D eigenvalue weighted by Crippen LogP contribution is -2.39.